The lowest BCUT2D eigenvalue weighted by molar-refractivity contribution is 0.682. The zero-order chi connectivity index (χ0) is 16.5. The van der Waals surface area contributed by atoms with E-state index >= 15 is 0 Å². The number of hydrogen-bond donors (Lipinski definition) is 0. The van der Waals surface area contributed by atoms with Crippen LogP contribution in [0.1, 0.15) is 36.1 Å². The molecule has 3 aromatic heterocycles. The van der Waals surface area contributed by atoms with Crippen LogP contribution in [0.3, 0.4) is 0 Å². The zero-order valence-electron chi connectivity index (χ0n) is 13.9. The number of nitrogens with zero attached hydrogens (tertiary/aromatic N) is 6. The Hall–Kier alpha value is -2.76. The Morgan fingerprint density at radius 2 is 2.00 bits per heavy atom. The van der Waals surface area contributed by atoms with Crippen molar-refractivity contribution in [3.63, 3.8) is 0 Å². The van der Waals surface area contributed by atoms with E-state index in [1.165, 1.54) is 0 Å². The fourth-order valence-electron chi connectivity index (χ4n) is 3.33. The van der Waals surface area contributed by atoms with Gasteiger partial charge in [-0.2, -0.15) is 0 Å². The molecule has 4 heterocycles. The number of pyridine rings is 1. The average molecular weight is 320 g/mol. The van der Waals surface area contributed by atoms with E-state index in [9.17, 15) is 0 Å². The summed E-state index contributed by atoms with van der Waals surface area (Å²) >= 11 is 0. The van der Waals surface area contributed by atoms with E-state index in [4.69, 9.17) is 4.98 Å². The van der Waals surface area contributed by atoms with Gasteiger partial charge in [-0.15, -0.1) is 0 Å². The topological polar surface area (TPSA) is 59.7 Å². The third-order valence-corrected chi connectivity index (χ3v) is 4.51. The number of aryl methyl sites for hydroxylation is 2. The first-order valence-corrected chi connectivity index (χ1v) is 8.25. The van der Waals surface area contributed by atoms with Crippen LogP contribution < -0.4 is 4.90 Å². The summed E-state index contributed by atoms with van der Waals surface area (Å²) < 4.78 is 2.01. The first-order valence-electron chi connectivity index (χ1n) is 8.25. The molecule has 0 bridgehead atoms. The summed E-state index contributed by atoms with van der Waals surface area (Å²) in [4.78, 5) is 20.2. The van der Waals surface area contributed by atoms with Gasteiger partial charge in [-0.3, -0.25) is 4.57 Å². The molecule has 1 aliphatic heterocycles. The number of anilines is 1. The van der Waals surface area contributed by atoms with Gasteiger partial charge in [-0.1, -0.05) is 6.07 Å². The normalized spacial score (nSPS) is 17.4. The largest absolute Gasteiger partial charge is 0.348 e. The number of rotatable bonds is 3. The van der Waals surface area contributed by atoms with Crippen LogP contribution in [0, 0.1) is 13.8 Å². The molecule has 1 unspecified atom stereocenters. The standard InChI is InChI=1S/C18H20N6/c1-13-11-18(21-12-20-13)24-9-4-6-16(24)15-5-3-7-17(22-15)23-10-8-19-14(23)2/h3,5,7-8,10-12,16H,4,6,9H2,1-2H3. The molecule has 3 aromatic rings. The van der Waals surface area contributed by atoms with Crippen molar-refractivity contribution < 1.29 is 0 Å². The summed E-state index contributed by atoms with van der Waals surface area (Å²) in [6.45, 7) is 4.98. The highest BCUT2D eigenvalue weighted by Gasteiger charge is 2.28. The summed E-state index contributed by atoms with van der Waals surface area (Å²) in [5.41, 5.74) is 2.07. The lowest BCUT2D eigenvalue weighted by atomic mass is 10.1. The van der Waals surface area contributed by atoms with Gasteiger partial charge in [0.05, 0.1) is 11.7 Å². The summed E-state index contributed by atoms with van der Waals surface area (Å²) in [6, 6.07) is 8.49. The van der Waals surface area contributed by atoms with Gasteiger partial charge in [0, 0.05) is 30.7 Å². The van der Waals surface area contributed by atoms with Crippen LogP contribution >= 0.6 is 0 Å². The molecule has 1 fully saturated rings. The Labute approximate surface area is 141 Å². The van der Waals surface area contributed by atoms with Gasteiger partial charge in [0.25, 0.3) is 0 Å². The molecule has 122 valence electrons. The Morgan fingerprint density at radius 3 is 2.79 bits per heavy atom. The molecular formula is C18H20N6. The van der Waals surface area contributed by atoms with Crippen molar-refractivity contribution in [2.45, 2.75) is 32.7 Å². The third kappa shape index (κ3) is 2.64. The Morgan fingerprint density at radius 1 is 1.08 bits per heavy atom. The van der Waals surface area contributed by atoms with Gasteiger partial charge in [-0.05, 0) is 38.8 Å². The molecule has 0 aromatic carbocycles. The van der Waals surface area contributed by atoms with E-state index in [-0.39, 0.29) is 6.04 Å². The van der Waals surface area contributed by atoms with Crippen LogP contribution in [0.4, 0.5) is 5.82 Å². The molecule has 0 amide bonds. The Balaban J connectivity index is 1.69. The van der Waals surface area contributed by atoms with Crippen molar-refractivity contribution in [2.75, 3.05) is 11.4 Å². The van der Waals surface area contributed by atoms with Crippen LogP contribution in [0.5, 0.6) is 0 Å². The van der Waals surface area contributed by atoms with E-state index in [1.54, 1.807) is 12.5 Å². The fourth-order valence-corrected chi connectivity index (χ4v) is 3.33. The van der Waals surface area contributed by atoms with E-state index < -0.39 is 0 Å². The second-order valence-electron chi connectivity index (χ2n) is 6.13. The monoisotopic (exact) mass is 320 g/mol. The van der Waals surface area contributed by atoms with Gasteiger partial charge in [0.2, 0.25) is 0 Å². The molecule has 0 N–H and O–H groups in total. The van der Waals surface area contributed by atoms with Crippen molar-refractivity contribution in [3.05, 3.63) is 60.2 Å². The van der Waals surface area contributed by atoms with E-state index in [0.717, 1.165) is 48.2 Å². The first kappa shape index (κ1) is 14.8. The van der Waals surface area contributed by atoms with Crippen molar-refractivity contribution in [1.82, 2.24) is 24.5 Å². The SMILES string of the molecule is Cc1cc(N2CCCC2c2cccc(-n3ccnc3C)n2)ncn1. The molecule has 4 rings (SSSR count). The maximum absolute atomic E-state index is 4.89. The lowest BCUT2D eigenvalue weighted by Gasteiger charge is -2.25. The molecular weight excluding hydrogens is 300 g/mol. The van der Waals surface area contributed by atoms with Crippen molar-refractivity contribution in [3.8, 4) is 5.82 Å². The Kier molecular flexibility index (Phi) is 3.72. The molecule has 1 atom stereocenters. The van der Waals surface area contributed by atoms with Crippen molar-refractivity contribution in [1.29, 1.82) is 0 Å². The molecule has 6 nitrogen and oxygen atoms in total. The third-order valence-electron chi connectivity index (χ3n) is 4.51. The highest BCUT2D eigenvalue weighted by atomic mass is 15.2. The van der Waals surface area contributed by atoms with Crippen LogP contribution in [0.15, 0.2) is 43.0 Å². The van der Waals surface area contributed by atoms with Gasteiger partial charge in [-0.25, -0.2) is 19.9 Å². The number of aromatic nitrogens is 5. The Bertz CT molecular complexity index is 856. The molecule has 0 spiro atoms. The maximum Gasteiger partial charge on any atom is 0.138 e. The first-order chi connectivity index (χ1) is 11.7. The van der Waals surface area contributed by atoms with Crippen LogP contribution in [-0.4, -0.2) is 31.0 Å². The summed E-state index contributed by atoms with van der Waals surface area (Å²) in [6.07, 6.45) is 7.61. The molecule has 0 aliphatic carbocycles. The van der Waals surface area contributed by atoms with Crippen molar-refractivity contribution >= 4 is 5.82 Å². The quantitative estimate of drug-likeness (QED) is 0.742. The summed E-state index contributed by atoms with van der Waals surface area (Å²) in [5, 5.41) is 0. The van der Waals surface area contributed by atoms with Gasteiger partial charge >= 0.3 is 0 Å². The van der Waals surface area contributed by atoms with Crippen LogP contribution in [0.2, 0.25) is 0 Å². The van der Waals surface area contributed by atoms with E-state index in [0.29, 0.717) is 0 Å². The molecule has 1 aliphatic rings. The highest BCUT2D eigenvalue weighted by Crippen LogP contribution is 2.34. The molecule has 0 saturated carbocycles. The van der Waals surface area contributed by atoms with Gasteiger partial charge < -0.3 is 4.90 Å². The second kappa shape index (κ2) is 6.03. The van der Waals surface area contributed by atoms with Crippen LogP contribution in [0.25, 0.3) is 5.82 Å². The summed E-state index contributed by atoms with van der Waals surface area (Å²) in [5.74, 6) is 2.83. The van der Waals surface area contributed by atoms with Gasteiger partial charge in [0.1, 0.15) is 23.8 Å². The van der Waals surface area contributed by atoms with E-state index in [2.05, 4.69) is 32.0 Å². The summed E-state index contributed by atoms with van der Waals surface area (Å²) in [7, 11) is 0. The molecule has 1 saturated heterocycles. The second-order valence-corrected chi connectivity index (χ2v) is 6.13. The van der Waals surface area contributed by atoms with Crippen molar-refractivity contribution in [2.24, 2.45) is 0 Å². The average Bonchev–Trinajstić information content (AvgIpc) is 3.24. The zero-order valence-corrected chi connectivity index (χ0v) is 13.9. The minimum absolute atomic E-state index is 0.253. The fraction of sp³-hybridized carbons (Fsp3) is 0.333. The van der Waals surface area contributed by atoms with E-state index in [1.807, 2.05) is 36.7 Å². The predicted octanol–water partition coefficient (Wildman–Crippen LogP) is 3.02. The smallest absolute Gasteiger partial charge is 0.138 e. The lowest BCUT2D eigenvalue weighted by Crippen LogP contribution is -2.24. The van der Waals surface area contributed by atoms with Gasteiger partial charge in [0.15, 0.2) is 0 Å². The highest BCUT2D eigenvalue weighted by molar-refractivity contribution is 5.43. The minimum atomic E-state index is 0.253. The molecule has 0 radical (unpaired) electrons. The molecule has 6 heteroatoms. The minimum Gasteiger partial charge on any atom is -0.348 e. The molecule has 24 heavy (non-hydrogen) atoms. The predicted molar refractivity (Wildman–Crippen MR) is 92.2 cm³/mol. The van der Waals surface area contributed by atoms with Crippen LogP contribution in [-0.2, 0) is 0 Å². The number of hydrogen-bond acceptors (Lipinski definition) is 5. The maximum atomic E-state index is 4.89. The number of imidazole rings is 1.